The van der Waals surface area contributed by atoms with Crippen molar-refractivity contribution < 1.29 is 19.3 Å². The molecule has 9 heteroatoms. The maximum Gasteiger partial charge on any atom is 0.272 e. The van der Waals surface area contributed by atoms with Gasteiger partial charge < -0.3 is 16.4 Å². The number of carbonyl (C=O) groups is 3. The molecule has 2 aromatic carbocycles. The Bertz CT molecular complexity index is 917. The smallest absolute Gasteiger partial charge is 0.272 e. The van der Waals surface area contributed by atoms with Crippen LogP contribution in [0.15, 0.2) is 54.6 Å². The molecule has 0 spiro atoms. The summed E-state index contributed by atoms with van der Waals surface area (Å²) in [5.74, 6) is -1.67. The summed E-state index contributed by atoms with van der Waals surface area (Å²) in [4.78, 5) is 46.6. The van der Waals surface area contributed by atoms with Gasteiger partial charge in [0.1, 0.15) is 6.04 Å². The normalized spacial score (nSPS) is 12.4. The van der Waals surface area contributed by atoms with E-state index in [9.17, 15) is 24.5 Å². The van der Waals surface area contributed by atoms with Crippen LogP contribution in [0.1, 0.15) is 36.9 Å². The van der Waals surface area contributed by atoms with Gasteiger partial charge in [-0.2, -0.15) is 0 Å². The standard InChI is InChI=1S/C21H24N4O5/c1-14(15-7-3-2-4-8-15)23-19(26)11-12-20(27)24-17(21(22)28)13-16-9-5-6-10-18(16)25(29)30/h2-10,14,17H,11-13H2,1H3,(H2,22,28)(H,23,26)(H,24,27)/t14-,17-/m1/s1. The summed E-state index contributed by atoms with van der Waals surface area (Å²) in [5, 5.41) is 16.4. The lowest BCUT2D eigenvalue weighted by Crippen LogP contribution is -2.46. The van der Waals surface area contributed by atoms with Gasteiger partial charge in [0.05, 0.1) is 11.0 Å². The number of nitrogens with zero attached hydrogens (tertiary/aromatic N) is 1. The average molecular weight is 412 g/mol. The molecule has 158 valence electrons. The molecule has 0 fully saturated rings. The molecular formula is C21H24N4O5. The molecule has 9 nitrogen and oxygen atoms in total. The van der Waals surface area contributed by atoms with Gasteiger partial charge in [0, 0.05) is 30.9 Å². The fourth-order valence-corrected chi connectivity index (χ4v) is 2.94. The van der Waals surface area contributed by atoms with Crippen molar-refractivity contribution in [1.29, 1.82) is 0 Å². The maximum absolute atomic E-state index is 12.2. The van der Waals surface area contributed by atoms with E-state index >= 15 is 0 Å². The van der Waals surface area contributed by atoms with E-state index in [0.29, 0.717) is 0 Å². The number of amides is 3. The number of hydrogen-bond donors (Lipinski definition) is 3. The Morgan fingerprint density at radius 2 is 1.53 bits per heavy atom. The Hall–Kier alpha value is -3.75. The largest absolute Gasteiger partial charge is 0.368 e. The van der Waals surface area contributed by atoms with Gasteiger partial charge in [-0.05, 0) is 12.5 Å². The molecule has 0 unspecified atom stereocenters. The van der Waals surface area contributed by atoms with E-state index in [1.54, 1.807) is 6.07 Å². The van der Waals surface area contributed by atoms with E-state index in [1.165, 1.54) is 18.2 Å². The number of nitrogens with two attached hydrogens (primary N) is 1. The maximum atomic E-state index is 12.2. The lowest BCUT2D eigenvalue weighted by molar-refractivity contribution is -0.385. The van der Waals surface area contributed by atoms with E-state index in [1.807, 2.05) is 37.3 Å². The summed E-state index contributed by atoms with van der Waals surface area (Å²) in [5.41, 5.74) is 6.40. The van der Waals surface area contributed by atoms with Gasteiger partial charge in [0.2, 0.25) is 17.7 Å². The van der Waals surface area contributed by atoms with Crippen LogP contribution in [-0.2, 0) is 20.8 Å². The molecule has 0 heterocycles. The van der Waals surface area contributed by atoms with Crippen LogP contribution in [0.2, 0.25) is 0 Å². The van der Waals surface area contributed by atoms with Crippen LogP contribution < -0.4 is 16.4 Å². The molecule has 0 radical (unpaired) electrons. The first-order valence-corrected chi connectivity index (χ1v) is 9.43. The predicted octanol–water partition coefficient (Wildman–Crippen LogP) is 1.76. The quantitative estimate of drug-likeness (QED) is 0.402. The Balaban J connectivity index is 1.89. The van der Waals surface area contributed by atoms with Crippen molar-refractivity contribution >= 4 is 23.4 Å². The number of hydrogen-bond acceptors (Lipinski definition) is 5. The number of nitrogens with one attached hydrogen (secondary N) is 2. The summed E-state index contributed by atoms with van der Waals surface area (Å²) < 4.78 is 0. The van der Waals surface area contributed by atoms with Crippen molar-refractivity contribution in [3.63, 3.8) is 0 Å². The Morgan fingerprint density at radius 1 is 0.967 bits per heavy atom. The second-order valence-electron chi connectivity index (χ2n) is 6.81. The van der Waals surface area contributed by atoms with E-state index in [-0.39, 0.29) is 42.5 Å². The van der Waals surface area contributed by atoms with Gasteiger partial charge in [-0.3, -0.25) is 24.5 Å². The minimum atomic E-state index is -1.12. The molecular weight excluding hydrogens is 388 g/mol. The third-order valence-electron chi connectivity index (χ3n) is 4.55. The van der Waals surface area contributed by atoms with Crippen LogP contribution >= 0.6 is 0 Å². The summed E-state index contributed by atoms with van der Waals surface area (Å²) in [6.45, 7) is 1.84. The molecule has 0 saturated heterocycles. The minimum Gasteiger partial charge on any atom is -0.368 e. The van der Waals surface area contributed by atoms with Crippen molar-refractivity contribution in [2.75, 3.05) is 0 Å². The zero-order valence-corrected chi connectivity index (χ0v) is 16.5. The van der Waals surface area contributed by atoms with Crippen LogP contribution in [0.5, 0.6) is 0 Å². The number of nitro groups is 1. The second kappa shape index (κ2) is 10.7. The summed E-state index contributed by atoms with van der Waals surface area (Å²) in [7, 11) is 0. The van der Waals surface area contributed by atoms with Gasteiger partial charge in [-0.15, -0.1) is 0 Å². The van der Waals surface area contributed by atoms with Crippen LogP contribution in [0, 0.1) is 10.1 Å². The number of para-hydroxylation sites is 1. The SMILES string of the molecule is C[C@@H](NC(=O)CCC(=O)N[C@H](Cc1ccccc1[N+](=O)[O-])C(N)=O)c1ccccc1. The molecule has 30 heavy (non-hydrogen) atoms. The van der Waals surface area contributed by atoms with E-state index < -0.39 is 22.8 Å². The first-order chi connectivity index (χ1) is 14.3. The van der Waals surface area contributed by atoms with Crippen LogP contribution in [0.4, 0.5) is 5.69 Å². The summed E-state index contributed by atoms with van der Waals surface area (Å²) >= 11 is 0. The molecule has 4 N–H and O–H groups in total. The number of benzene rings is 2. The zero-order chi connectivity index (χ0) is 22.1. The number of carbonyl (C=O) groups excluding carboxylic acids is 3. The molecule has 0 saturated carbocycles. The molecule has 2 rings (SSSR count). The molecule has 3 amide bonds. The van der Waals surface area contributed by atoms with Gasteiger partial charge in [-0.25, -0.2) is 0 Å². The van der Waals surface area contributed by atoms with Crippen molar-refractivity contribution in [3.05, 3.63) is 75.8 Å². The fourth-order valence-electron chi connectivity index (χ4n) is 2.94. The van der Waals surface area contributed by atoms with Gasteiger partial charge >= 0.3 is 0 Å². The third-order valence-corrected chi connectivity index (χ3v) is 4.55. The molecule has 0 bridgehead atoms. The Kier molecular flexibility index (Phi) is 8.04. The monoisotopic (exact) mass is 412 g/mol. The van der Waals surface area contributed by atoms with Crippen molar-refractivity contribution in [2.45, 2.75) is 38.3 Å². The first kappa shape index (κ1) is 22.5. The zero-order valence-electron chi connectivity index (χ0n) is 16.5. The summed E-state index contributed by atoms with van der Waals surface area (Å²) in [6.07, 6.45) is -0.330. The van der Waals surface area contributed by atoms with Crippen molar-refractivity contribution in [3.8, 4) is 0 Å². The Labute approximate surface area is 173 Å². The minimum absolute atomic E-state index is 0.0695. The molecule has 2 atom stereocenters. The highest BCUT2D eigenvalue weighted by Gasteiger charge is 2.23. The van der Waals surface area contributed by atoms with Gasteiger partial charge in [0.15, 0.2) is 0 Å². The number of nitro benzene ring substituents is 1. The van der Waals surface area contributed by atoms with E-state index in [4.69, 9.17) is 5.73 Å². The summed E-state index contributed by atoms with van der Waals surface area (Å²) in [6, 6.07) is 14.0. The van der Waals surface area contributed by atoms with Crippen LogP contribution in [0.25, 0.3) is 0 Å². The molecule has 0 aliphatic heterocycles. The molecule has 0 aliphatic carbocycles. The van der Waals surface area contributed by atoms with E-state index in [2.05, 4.69) is 10.6 Å². The van der Waals surface area contributed by atoms with E-state index in [0.717, 1.165) is 5.56 Å². The second-order valence-corrected chi connectivity index (χ2v) is 6.81. The highest BCUT2D eigenvalue weighted by Crippen LogP contribution is 2.19. The third kappa shape index (κ3) is 6.69. The predicted molar refractivity (Wildman–Crippen MR) is 110 cm³/mol. The molecule has 0 aliphatic rings. The number of rotatable bonds is 10. The van der Waals surface area contributed by atoms with Gasteiger partial charge in [-0.1, -0.05) is 48.5 Å². The van der Waals surface area contributed by atoms with Crippen molar-refractivity contribution in [1.82, 2.24) is 10.6 Å². The average Bonchev–Trinajstić information content (AvgIpc) is 2.72. The first-order valence-electron chi connectivity index (χ1n) is 9.43. The van der Waals surface area contributed by atoms with Gasteiger partial charge in [0.25, 0.3) is 5.69 Å². The molecule has 2 aromatic rings. The van der Waals surface area contributed by atoms with Crippen LogP contribution in [-0.4, -0.2) is 28.7 Å². The highest BCUT2D eigenvalue weighted by atomic mass is 16.6. The highest BCUT2D eigenvalue weighted by molar-refractivity contribution is 5.89. The number of primary amides is 1. The lowest BCUT2D eigenvalue weighted by atomic mass is 10.0. The topological polar surface area (TPSA) is 144 Å². The Morgan fingerprint density at radius 3 is 2.13 bits per heavy atom. The lowest BCUT2D eigenvalue weighted by Gasteiger charge is -2.16. The molecule has 0 aromatic heterocycles. The fraction of sp³-hybridized carbons (Fsp3) is 0.286. The van der Waals surface area contributed by atoms with Crippen molar-refractivity contribution in [2.24, 2.45) is 5.73 Å². The van der Waals surface area contributed by atoms with Crippen LogP contribution in [0.3, 0.4) is 0 Å².